The van der Waals surface area contributed by atoms with Gasteiger partial charge in [-0.3, -0.25) is 4.79 Å². The van der Waals surface area contributed by atoms with Crippen LogP contribution in [0.1, 0.15) is 50.2 Å². The molecule has 27 heavy (non-hydrogen) atoms. The number of hydrogen-bond donors (Lipinski definition) is 2. The van der Waals surface area contributed by atoms with E-state index in [2.05, 4.69) is 14.9 Å². The van der Waals surface area contributed by atoms with Crippen molar-refractivity contribution in [3.8, 4) is 0 Å². The molecule has 7 heteroatoms. The fourth-order valence-corrected chi connectivity index (χ4v) is 5.23. The molecule has 0 bridgehead atoms. The summed E-state index contributed by atoms with van der Waals surface area (Å²) in [7, 11) is -3.49. The molecular formula is C20H31N3O3S. The van der Waals surface area contributed by atoms with Gasteiger partial charge in [-0.05, 0) is 75.0 Å². The van der Waals surface area contributed by atoms with Crippen LogP contribution in [-0.2, 0) is 27.7 Å². The van der Waals surface area contributed by atoms with Crippen molar-refractivity contribution in [1.29, 1.82) is 0 Å². The summed E-state index contributed by atoms with van der Waals surface area (Å²) in [6, 6.07) is 5.38. The number of hydrogen-bond acceptors (Lipinski definition) is 4. The first-order chi connectivity index (χ1) is 12.9. The van der Waals surface area contributed by atoms with Crippen molar-refractivity contribution < 1.29 is 13.2 Å². The van der Waals surface area contributed by atoms with Gasteiger partial charge in [0.25, 0.3) is 0 Å². The molecule has 1 aliphatic carbocycles. The maximum Gasteiger partial charge on any atom is 0.240 e. The van der Waals surface area contributed by atoms with Gasteiger partial charge in [-0.2, -0.15) is 0 Å². The summed E-state index contributed by atoms with van der Waals surface area (Å²) < 4.78 is 27.9. The molecule has 150 valence electrons. The Morgan fingerprint density at radius 2 is 1.81 bits per heavy atom. The lowest BCUT2D eigenvalue weighted by atomic mass is 10.1. The van der Waals surface area contributed by atoms with Crippen LogP contribution < -0.4 is 10.0 Å². The van der Waals surface area contributed by atoms with Crippen molar-refractivity contribution in [3.63, 3.8) is 0 Å². The monoisotopic (exact) mass is 393 g/mol. The van der Waals surface area contributed by atoms with Crippen LogP contribution in [0.2, 0.25) is 0 Å². The quantitative estimate of drug-likeness (QED) is 0.693. The van der Waals surface area contributed by atoms with Gasteiger partial charge in [-0.15, -0.1) is 0 Å². The third-order valence-electron chi connectivity index (χ3n) is 5.47. The second-order valence-corrected chi connectivity index (χ2v) is 9.51. The molecular weight excluding hydrogens is 362 g/mol. The van der Waals surface area contributed by atoms with Crippen LogP contribution >= 0.6 is 0 Å². The van der Waals surface area contributed by atoms with Crippen LogP contribution in [0.25, 0.3) is 0 Å². The average molecular weight is 394 g/mol. The van der Waals surface area contributed by atoms with Gasteiger partial charge in [0.05, 0.1) is 4.90 Å². The van der Waals surface area contributed by atoms with E-state index in [1.165, 1.54) is 32.6 Å². The zero-order valence-corrected chi connectivity index (χ0v) is 17.0. The fourth-order valence-electron chi connectivity index (χ4n) is 4.10. The van der Waals surface area contributed by atoms with E-state index >= 15 is 0 Å². The number of amides is 1. The van der Waals surface area contributed by atoms with Gasteiger partial charge >= 0.3 is 0 Å². The van der Waals surface area contributed by atoms with E-state index in [9.17, 15) is 13.2 Å². The van der Waals surface area contributed by atoms with Crippen molar-refractivity contribution in [1.82, 2.24) is 14.9 Å². The number of nitrogens with zero attached hydrogens (tertiary/aromatic N) is 1. The lowest BCUT2D eigenvalue weighted by molar-refractivity contribution is -0.119. The molecule has 1 saturated heterocycles. The van der Waals surface area contributed by atoms with Gasteiger partial charge in [-0.25, -0.2) is 13.1 Å². The number of carbonyl (C=O) groups is 1. The molecule has 0 saturated carbocycles. The smallest absolute Gasteiger partial charge is 0.240 e. The minimum absolute atomic E-state index is 0.0493. The van der Waals surface area contributed by atoms with E-state index in [1.54, 1.807) is 12.1 Å². The Kier molecular flexibility index (Phi) is 6.89. The van der Waals surface area contributed by atoms with Gasteiger partial charge in [-0.1, -0.05) is 18.9 Å². The zero-order chi connectivity index (χ0) is 19.3. The number of rotatable bonds is 7. The summed E-state index contributed by atoms with van der Waals surface area (Å²) in [5.41, 5.74) is 2.13. The summed E-state index contributed by atoms with van der Waals surface area (Å²) in [5, 5.41) is 2.92. The molecule has 1 amide bonds. The van der Waals surface area contributed by atoms with Crippen LogP contribution in [0, 0.1) is 0 Å². The normalized spacial score (nSPS) is 20.9. The molecule has 1 aliphatic heterocycles. The molecule has 1 atom stereocenters. The van der Waals surface area contributed by atoms with Crippen LogP contribution in [0.5, 0.6) is 0 Å². The van der Waals surface area contributed by atoms with Crippen molar-refractivity contribution in [2.45, 2.75) is 62.8 Å². The van der Waals surface area contributed by atoms with E-state index in [-0.39, 0.29) is 11.9 Å². The molecule has 0 radical (unpaired) electrons. The Bertz CT molecular complexity index is 756. The van der Waals surface area contributed by atoms with Gasteiger partial charge in [0.2, 0.25) is 15.9 Å². The van der Waals surface area contributed by atoms with Crippen molar-refractivity contribution >= 4 is 15.9 Å². The first kappa shape index (κ1) is 20.3. The molecule has 1 aromatic carbocycles. The summed E-state index contributed by atoms with van der Waals surface area (Å²) in [6.45, 7) is 5.18. The molecule has 2 aliphatic rings. The maximum absolute atomic E-state index is 12.6. The van der Waals surface area contributed by atoms with Crippen molar-refractivity contribution in [3.05, 3.63) is 29.3 Å². The Morgan fingerprint density at radius 3 is 2.52 bits per heavy atom. The largest absolute Gasteiger partial charge is 0.353 e. The number of likely N-dealkylation sites (tertiary alicyclic amines) is 1. The molecule has 1 aromatic rings. The molecule has 0 unspecified atom stereocenters. The molecule has 0 spiro atoms. The molecule has 2 N–H and O–H groups in total. The first-order valence-electron chi connectivity index (χ1n) is 10.0. The van der Waals surface area contributed by atoms with Gasteiger partial charge < -0.3 is 10.2 Å². The minimum atomic E-state index is -3.49. The van der Waals surface area contributed by atoms with E-state index in [4.69, 9.17) is 0 Å². The first-order valence-corrected chi connectivity index (χ1v) is 11.5. The number of sulfonamides is 1. The molecule has 1 fully saturated rings. The Hall–Kier alpha value is -1.44. The summed E-state index contributed by atoms with van der Waals surface area (Å²) in [4.78, 5) is 14.0. The predicted molar refractivity (Wildman–Crippen MR) is 106 cm³/mol. The molecule has 6 nitrogen and oxygen atoms in total. The van der Waals surface area contributed by atoms with Crippen LogP contribution in [-0.4, -0.2) is 51.4 Å². The number of nitrogens with one attached hydrogen (secondary N) is 2. The van der Waals surface area contributed by atoms with Crippen molar-refractivity contribution in [2.75, 3.05) is 26.2 Å². The van der Waals surface area contributed by atoms with Gasteiger partial charge in [0.1, 0.15) is 0 Å². The molecule has 1 heterocycles. The number of carbonyl (C=O) groups excluding carboxylic acids is 1. The Balaban J connectivity index is 1.51. The van der Waals surface area contributed by atoms with Crippen LogP contribution in [0.3, 0.4) is 0 Å². The minimum Gasteiger partial charge on any atom is -0.353 e. The van der Waals surface area contributed by atoms with Crippen molar-refractivity contribution in [2.24, 2.45) is 0 Å². The second kappa shape index (κ2) is 9.17. The summed E-state index contributed by atoms with van der Waals surface area (Å²) in [5.74, 6) is -0.0493. The summed E-state index contributed by atoms with van der Waals surface area (Å²) in [6.07, 6.45) is 7.40. The lowest BCUT2D eigenvalue weighted by Gasteiger charge is -2.19. The summed E-state index contributed by atoms with van der Waals surface area (Å²) >= 11 is 0. The lowest BCUT2D eigenvalue weighted by Crippen LogP contribution is -2.33. The van der Waals surface area contributed by atoms with Crippen LogP contribution in [0.15, 0.2) is 23.1 Å². The maximum atomic E-state index is 12.6. The SMILES string of the molecule is CC(=O)N[C@H]1Cc2ccc(S(=O)(=O)NCCCN3CCCCCC3)cc2C1. The van der Waals surface area contributed by atoms with E-state index < -0.39 is 10.0 Å². The van der Waals surface area contributed by atoms with E-state index in [0.717, 1.165) is 43.6 Å². The second-order valence-electron chi connectivity index (χ2n) is 7.74. The highest BCUT2D eigenvalue weighted by Crippen LogP contribution is 2.25. The highest BCUT2D eigenvalue weighted by Gasteiger charge is 2.24. The Labute approximate surface area is 162 Å². The third kappa shape index (κ3) is 5.77. The van der Waals surface area contributed by atoms with Gasteiger partial charge in [0.15, 0.2) is 0 Å². The topological polar surface area (TPSA) is 78.5 Å². The van der Waals surface area contributed by atoms with Gasteiger partial charge in [0, 0.05) is 19.5 Å². The zero-order valence-electron chi connectivity index (χ0n) is 16.2. The fraction of sp³-hybridized carbons (Fsp3) is 0.650. The average Bonchev–Trinajstić information content (AvgIpc) is 2.82. The standard InChI is InChI=1S/C20H31N3O3S/c1-16(24)22-19-13-17-7-8-20(15-18(17)14-19)27(25,26)21-9-6-12-23-10-4-2-3-5-11-23/h7-8,15,19,21H,2-6,9-14H2,1H3,(H,22,24)/t19-/m0/s1. The third-order valence-corrected chi connectivity index (χ3v) is 6.93. The highest BCUT2D eigenvalue weighted by atomic mass is 32.2. The predicted octanol–water partition coefficient (Wildman–Crippen LogP) is 1.83. The molecule has 3 rings (SSSR count). The Morgan fingerprint density at radius 1 is 1.11 bits per heavy atom. The van der Waals surface area contributed by atoms with E-state index in [1.807, 2.05) is 6.07 Å². The number of fused-ring (bicyclic) bond motifs is 1. The number of benzene rings is 1. The molecule has 0 aromatic heterocycles. The van der Waals surface area contributed by atoms with E-state index in [0.29, 0.717) is 17.9 Å². The van der Waals surface area contributed by atoms with Crippen LogP contribution in [0.4, 0.5) is 0 Å². The highest BCUT2D eigenvalue weighted by molar-refractivity contribution is 7.89.